The average Bonchev–Trinajstić information content (AvgIpc) is 2.34. The molecule has 0 atom stereocenters. The molecular formula is C15H18ClFO. The van der Waals surface area contributed by atoms with Crippen LogP contribution in [0.2, 0.25) is 5.02 Å². The number of hydrogen-bond acceptors (Lipinski definition) is 1. The molecule has 1 aliphatic rings. The van der Waals surface area contributed by atoms with Crippen molar-refractivity contribution in [2.45, 2.75) is 45.4 Å². The van der Waals surface area contributed by atoms with E-state index in [0.29, 0.717) is 10.6 Å². The van der Waals surface area contributed by atoms with Gasteiger partial charge in [0.15, 0.2) is 0 Å². The second kappa shape index (κ2) is 5.40. The minimum atomic E-state index is -0.379. The van der Waals surface area contributed by atoms with Crippen molar-refractivity contribution >= 4 is 17.4 Å². The lowest BCUT2D eigenvalue weighted by molar-refractivity contribution is -0.128. The summed E-state index contributed by atoms with van der Waals surface area (Å²) in [6, 6.07) is 4.56. The van der Waals surface area contributed by atoms with Crippen molar-refractivity contribution in [1.82, 2.24) is 0 Å². The first-order valence-electron chi connectivity index (χ1n) is 6.49. The quantitative estimate of drug-likeness (QED) is 0.785. The molecule has 0 aromatic heterocycles. The summed E-state index contributed by atoms with van der Waals surface area (Å²) in [7, 11) is 0. The molecule has 1 aromatic rings. The fraction of sp³-hybridized carbons (Fsp3) is 0.533. The first-order valence-corrected chi connectivity index (χ1v) is 6.87. The number of ketones is 1. The molecule has 98 valence electrons. The van der Waals surface area contributed by atoms with Crippen molar-refractivity contribution in [3.63, 3.8) is 0 Å². The van der Waals surface area contributed by atoms with Crippen LogP contribution in [-0.2, 0) is 11.2 Å². The van der Waals surface area contributed by atoms with Crippen LogP contribution in [0.15, 0.2) is 18.2 Å². The van der Waals surface area contributed by atoms with Crippen LogP contribution < -0.4 is 0 Å². The standard InChI is InChI=1S/C15H18ClFO/c1-15(8-3-2-4-9-15)14(18)10-11-12(16)6-5-7-13(11)17/h5-7H,2-4,8-10H2,1H3. The van der Waals surface area contributed by atoms with E-state index in [4.69, 9.17) is 11.6 Å². The number of Topliss-reactive ketones (excluding diaryl/α,β-unsaturated/α-hetero) is 1. The van der Waals surface area contributed by atoms with E-state index < -0.39 is 0 Å². The summed E-state index contributed by atoms with van der Waals surface area (Å²) in [5.74, 6) is -0.260. The molecule has 0 saturated heterocycles. The Morgan fingerprint density at radius 3 is 2.61 bits per heavy atom. The molecule has 2 rings (SSSR count). The fourth-order valence-electron chi connectivity index (χ4n) is 2.69. The molecule has 0 aliphatic heterocycles. The van der Waals surface area contributed by atoms with Gasteiger partial charge in [-0.05, 0) is 25.0 Å². The van der Waals surface area contributed by atoms with Gasteiger partial charge in [0.2, 0.25) is 0 Å². The summed E-state index contributed by atoms with van der Waals surface area (Å²) in [6.07, 6.45) is 5.32. The highest BCUT2D eigenvalue weighted by Crippen LogP contribution is 2.38. The topological polar surface area (TPSA) is 17.1 Å². The van der Waals surface area contributed by atoms with Gasteiger partial charge >= 0.3 is 0 Å². The molecule has 1 saturated carbocycles. The van der Waals surface area contributed by atoms with E-state index in [9.17, 15) is 9.18 Å². The molecular weight excluding hydrogens is 251 g/mol. The number of carbonyl (C=O) groups excluding carboxylic acids is 1. The molecule has 0 spiro atoms. The van der Waals surface area contributed by atoms with Gasteiger partial charge in [0.05, 0.1) is 0 Å². The monoisotopic (exact) mass is 268 g/mol. The van der Waals surface area contributed by atoms with Crippen LogP contribution >= 0.6 is 11.6 Å². The van der Waals surface area contributed by atoms with Crippen molar-refractivity contribution < 1.29 is 9.18 Å². The van der Waals surface area contributed by atoms with Gasteiger partial charge < -0.3 is 0 Å². The maximum Gasteiger partial charge on any atom is 0.143 e. The van der Waals surface area contributed by atoms with Crippen LogP contribution in [0.3, 0.4) is 0 Å². The molecule has 1 nitrogen and oxygen atoms in total. The highest BCUT2D eigenvalue weighted by atomic mass is 35.5. The SMILES string of the molecule is CC1(C(=O)Cc2c(F)cccc2Cl)CCCCC1. The summed E-state index contributed by atoms with van der Waals surface area (Å²) in [5, 5.41) is 0.350. The Hall–Kier alpha value is -0.890. The van der Waals surface area contributed by atoms with Crippen molar-refractivity contribution in [2.75, 3.05) is 0 Å². The lowest BCUT2D eigenvalue weighted by Crippen LogP contribution is -2.31. The third-order valence-electron chi connectivity index (χ3n) is 4.03. The predicted octanol–water partition coefficient (Wildman–Crippen LogP) is 4.56. The smallest absolute Gasteiger partial charge is 0.143 e. The second-order valence-electron chi connectivity index (χ2n) is 5.42. The van der Waals surface area contributed by atoms with Crippen LogP contribution in [0.1, 0.15) is 44.6 Å². The summed E-state index contributed by atoms with van der Waals surface area (Å²) < 4.78 is 13.7. The van der Waals surface area contributed by atoms with Gasteiger partial charge in [-0.15, -0.1) is 0 Å². The minimum absolute atomic E-state index is 0.113. The lowest BCUT2D eigenvalue weighted by atomic mass is 9.71. The number of halogens is 2. The Morgan fingerprint density at radius 2 is 2.00 bits per heavy atom. The van der Waals surface area contributed by atoms with Crippen molar-refractivity contribution in [2.24, 2.45) is 5.41 Å². The largest absolute Gasteiger partial charge is 0.299 e. The Bertz CT molecular complexity index is 430. The van der Waals surface area contributed by atoms with E-state index in [1.54, 1.807) is 12.1 Å². The van der Waals surface area contributed by atoms with Crippen LogP contribution in [0, 0.1) is 11.2 Å². The lowest BCUT2D eigenvalue weighted by Gasteiger charge is -2.32. The molecule has 1 aliphatic carbocycles. The van der Waals surface area contributed by atoms with Gasteiger partial charge in [0.25, 0.3) is 0 Å². The van der Waals surface area contributed by atoms with E-state index in [2.05, 4.69) is 0 Å². The maximum atomic E-state index is 13.7. The molecule has 0 N–H and O–H groups in total. The third-order valence-corrected chi connectivity index (χ3v) is 4.38. The molecule has 1 aromatic carbocycles. The Balaban J connectivity index is 2.16. The van der Waals surface area contributed by atoms with Crippen LogP contribution in [0.5, 0.6) is 0 Å². The number of hydrogen-bond donors (Lipinski definition) is 0. The van der Waals surface area contributed by atoms with E-state index in [-0.39, 0.29) is 23.4 Å². The molecule has 0 unspecified atom stereocenters. The number of carbonyl (C=O) groups is 1. The third kappa shape index (κ3) is 2.74. The number of benzene rings is 1. The van der Waals surface area contributed by atoms with Gasteiger partial charge in [0.1, 0.15) is 11.6 Å². The minimum Gasteiger partial charge on any atom is -0.299 e. The van der Waals surface area contributed by atoms with Crippen LogP contribution in [0.25, 0.3) is 0 Å². The van der Waals surface area contributed by atoms with E-state index >= 15 is 0 Å². The summed E-state index contributed by atoms with van der Waals surface area (Å²) in [6.45, 7) is 2.00. The Kier molecular flexibility index (Phi) is 4.06. The van der Waals surface area contributed by atoms with Gasteiger partial charge in [0, 0.05) is 22.4 Å². The van der Waals surface area contributed by atoms with Crippen molar-refractivity contribution in [1.29, 1.82) is 0 Å². The maximum absolute atomic E-state index is 13.7. The van der Waals surface area contributed by atoms with Gasteiger partial charge in [-0.1, -0.05) is 43.9 Å². The molecule has 0 bridgehead atoms. The zero-order valence-corrected chi connectivity index (χ0v) is 11.4. The summed E-state index contributed by atoms with van der Waals surface area (Å²) in [5.41, 5.74) is 0.0556. The van der Waals surface area contributed by atoms with E-state index in [1.165, 1.54) is 12.5 Å². The molecule has 18 heavy (non-hydrogen) atoms. The van der Waals surface area contributed by atoms with Gasteiger partial charge in [-0.2, -0.15) is 0 Å². The normalized spacial score (nSPS) is 18.6. The first-order chi connectivity index (χ1) is 8.53. The summed E-state index contributed by atoms with van der Waals surface area (Å²) in [4.78, 5) is 12.4. The van der Waals surface area contributed by atoms with Gasteiger partial charge in [-0.3, -0.25) is 4.79 Å². The average molecular weight is 269 g/mol. The molecule has 0 radical (unpaired) electrons. The Labute approximate surface area is 112 Å². The second-order valence-corrected chi connectivity index (χ2v) is 5.83. The highest BCUT2D eigenvalue weighted by molar-refractivity contribution is 6.31. The number of rotatable bonds is 3. The highest BCUT2D eigenvalue weighted by Gasteiger charge is 2.34. The van der Waals surface area contributed by atoms with Crippen molar-refractivity contribution in [3.8, 4) is 0 Å². The van der Waals surface area contributed by atoms with Crippen molar-refractivity contribution in [3.05, 3.63) is 34.6 Å². The van der Waals surface area contributed by atoms with E-state index in [0.717, 1.165) is 25.7 Å². The first kappa shape index (κ1) is 13.5. The van der Waals surface area contributed by atoms with Crippen LogP contribution in [0.4, 0.5) is 4.39 Å². The molecule has 1 fully saturated rings. The zero-order chi connectivity index (χ0) is 13.2. The predicted molar refractivity (Wildman–Crippen MR) is 71.3 cm³/mol. The molecule has 0 heterocycles. The zero-order valence-electron chi connectivity index (χ0n) is 10.6. The van der Waals surface area contributed by atoms with Gasteiger partial charge in [-0.25, -0.2) is 4.39 Å². The van der Waals surface area contributed by atoms with Crippen LogP contribution in [-0.4, -0.2) is 5.78 Å². The van der Waals surface area contributed by atoms with E-state index in [1.807, 2.05) is 6.92 Å². The molecule has 3 heteroatoms. The molecule has 0 amide bonds. The fourth-order valence-corrected chi connectivity index (χ4v) is 2.92. The summed E-state index contributed by atoms with van der Waals surface area (Å²) >= 11 is 5.97. The Morgan fingerprint density at radius 1 is 1.33 bits per heavy atom.